The summed E-state index contributed by atoms with van der Waals surface area (Å²) in [5, 5.41) is 2.79. The number of hydrogen-bond acceptors (Lipinski definition) is 3. The minimum Gasteiger partial charge on any atom is -0.354 e. The summed E-state index contributed by atoms with van der Waals surface area (Å²) in [6.45, 7) is 7.57. The summed E-state index contributed by atoms with van der Waals surface area (Å²) < 4.78 is 26.6. The molecule has 0 fully saturated rings. The first kappa shape index (κ1) is 16.7. The zero-order chi connectivity index (χ0) is 15.3. The molecule has 1 aromatic rings. The Morgan fingerprint density at radius 2 is 1.95 bits per heavy atom. The van der Waals surface area contributed by atoms with Crippen molar-refractivity contribution in [3.63, 3.8) is 0 Å². The Morgan fingerprint density at radius 3 is 2.50 bits per heavy atom. The smallest absolute Gasteiger partial charge is 0.240 e. The van der Waals surface area contributed by atoms with Crippen LogP contribution in [0.2, 0.25) is 0 Å². The molecule has 1 rings (SSSR count). The lowest BCUT2D eigenvalue weighted by Gasteiger charge is -2.11. The molecule has 6 heteroatoms. The average Bonchev–Trinajstić information content (AvgIpc) is 2.30. The Labute approximate surface area is 120 Å². The number of carbonyl (C=O) groups excluding carboxylic acids is 1. The van der Waals surface area contributed by atoms with Crippen molar-refractivity contribution < 1.29 is 13.2 Å². The van der Waals surface area contributed by atoms with Gasteiger partial charge >= 0.3 is 0 Å². The predicted octanol–water partition coefficient (Wildman–Crippen LogP) is 1.36. The van der Waals surface area contributed by atoms with Gasteiger partial charge in [0.05, 0.1) is 11.3 Å². The molecule has 0 bridgehead atoms. The summed E-state index contributed by atoms with van der Waals surface area (Å²) in [5.41, 5.74) is 1.35. The highest BCUT2D eigenvalue weighted by Gasteiger charge is 2.17. The van der Waals surface area contributed by atoms with Gasteiger partial charge in [-0.2, -0.15) is 0 Å². The summed E-state index contributed by atoms with van der Waals surface area (Å²) in [6, 6.07) is 5.13. The molecule has 0 unspecified atom stereocenters. The Kier molecular flexibility index (Phi) is 5.71. The molecule has 0 atom stereocenters. The molecular weight excluding hydrogens is 276 g/mol. The highest BCUT2D eigenvalue weighted by molar-refractivity contribution is 7.89. The van der Waals surface area contributed by atoms with Gasteiger partial charge in [0, 0.05) is 12.6 Å². The van der Waals surface area contributed by atoms with Crippen LogP contribution in [0.25, 0.3) is 0 Å². The minimum atomic E-state index is -3.50. The van der Waals surface area contributed by atoms with Gasteiger partial charge in [-0.05, 0) is 38.0 Å². The first-order valence-corrected chi connectivity index (χ1v) is 8.13. The zero-order valence-corrected chi connectivity index (χ0v) is 13.2. The molecule has 0 aliphatic heterocycles. The van der Waals surface area contributed by atoms with E-state index in [2.05, 4.69) is 10.0 Å². The van der Waals surface area contributed by atoms with Crippen molar-refractivity contribution in [3.8, 4) is 0 Å². The van der Waals surface area contributed by atoms with Crippen LogP contribution in [0.3, 0.4) is 0 Å². The van der Waals surface area contributed by atoms with E-state index in [9.17, 15) is 13.2 Å². The molecule has 1 amide bonds. The molecule has 20 heavy (non-hydrogen) atoms. The standard InChI is InChI=1S/C14H22N2O3S/c1-5-15-20(18,19)13-8-12(7-6-11(13)4)9-14(17)16-10(2)3/h6-8,10,15H,5,9H2,1-4H3,(H,16,17). The van der Waals surface area contributed by atoms with Gasteiger partial charge in [-0.3, -0.25) is 4.79 Å². The first-order chi connectivity index (χ1) is 9.26. The summed E-state index contributed by atoms with van der Waals surface area (Å²) in [5.74, 6) is -0.115. The third-order valence-electron chi connectivity index (χ3n) is 2.69. The van der Waals surface area contributed by atoms with E-state index < -0.39 is 10.0 Å². The van der Waals surface area contributed by atoms with Crippen molar-refractivity contribution in [2.24, 2.45) is 0 Å². The lowest BCUT2D eigenvalue weighted by molar-refractivity contribution is -0.120. The van der Waals surface area contributed by atoms with Gasteiger partial charge in [-0.1, -0.05) is 19.1 Å². The number of hydrogen-bond donors (Lipinski definition) is 2. The van der Waals surface area contributed by atoms with Crippen LogP contribution >= 0.6 is 0 Å². The highest BCUT2D eigenvalue weighted by atomic mass is 32.2. The fraction of sp³-hybridized carbons (Fsp3) is 0.500. The maximum Gasteiger partial charge on any atom is 0.240 e. The summed E-state index contributed by atoms with van der Waals surface area (Å²) in [4.78, 5) is 11.9. The van der Waals surface area contributed by atoms with Crippen LogP contribution in [0.15, 0.2) is 23.1 Å². The third kappa shape index (κ3) is 4.61. The van der Waals surface area contributed by atoms with Crippen LogP contribution in [0.1, 0.15) is 31.9 Å². The van der Waals surface area contributed by atoms with E-state index in [1.165, 1.54) is 0 Å². The first-order valence-electron chi connectivity index (χ1n) is 6.64. The molecule has 0 radical (unpaired) electrons. The second kappa shape index (κ2) is 6.85. The number of nitrogens with one attached hydrogen (secondary N) is 2. The number of rotatable bonds is 6. The minimum absolute atomic E-state index is 0.0675. The molecule has 0 aliphatic carbocycles. The molecule has 0 saturated carbocycles. The summed E-state index contributed by atoms with van der Waals surface area (Å²) in [7, 11) is -3.50. The molecule has 5 nitrogen and oxygen atoms in total. The summed E-state index contributed by atoms with van der Waals surface area (Å²) >= 11 is 0. The normalized spacial score (nSPS) is 11.7. The molecular formula is C14H22N2O3S. The topological polar surface area (TPSA) is 75.3 Å². The zero-order valence-electron chi connectivity index (χ0n) is 12.4. The second-order valence-electron chi connectivity index (χ2n) is 5.00. The number of aryl methyl sites for hydroxylation is 1. The largest absolute Gasteiger partial charge is 0.354 e. The van der Waals surface area contributed by atoms with Crippen LogP contribution in [-0.2, 0) is 21.2 Å². The maximum absolute atomic E-state index is 12.1. The Bertz CT molecular complexity index is 580. The molecule has 0 spiro atoms. The van der Waals surface area contributed by atoms with E-state index >= 15 is 0 Å². The van der Waals surface area contributed by atoms with Gasteiger partial charge < -0.3 is 5.32 Å². The van der Waals surface area contributed by atoms with Crippen LogP contribution in [0.4, 0.5) is 0 Å². The average molecular weight is 298 g/mol. The Morgan fingerprint density at radius 1 is 1.30 bits per heavy atom. The van der Waals surface area contributed by atoms with Gasteiger partial charge in [0.1, 0.15) is 0 Å². The predicted molar refractivity (Wildman–Crippen MR) is 79.0 cm³/mol. The summed E-state index contributed by atoms with van der Waals surface area (Å²) in [6.07, 6.45) is 0.174. The Balaban J connectivity index is 3.00. The second-order valence-corrected chi connectivity index (χ2v) is 6.74. The van der Waals surface area contributed by atoms with Gasteiger partial charge in [0.25, 0.3) is 0 Å². The quantitative estimate of drug-likeness (QED) is 0.832. The van der Waals surface area contributed by atoms with E-state index in [1.54, 1.807) is 32.0 Å². The van der Waals surface area contributed by atoms with Crippen molar-refractivity contribution in [2.75, 3.05) is 6.54 Å². The van der Waals surface area contributed by atoms with E-state index in [1.807, 2.05) is 13.8 Å². The SMILES string of the molecule is CCNS(=O)(=O)c1cc(CC(=O)NC(C)C)ccc1C. The van der Waals surface area contributed by atoms with Crippen LogP contribution in [-0.4, -0.2) is 26.9 Å². The lowest BCUT2D eigenvalue weighted by Crippen LogP contribution is -2.31. The fourth-order valence-corrected chi connectivity index (χ4v) is 3.20. The van der Waals surface area contributed by atoms with Crippen molar-refractivity contribution >= 4 is 15.9 Å². The van der Waals surface area contributed by atoms with Crippen molar-refractivity contribution in [3.05, 3.63) is 29.3 Å². The highest BCUT2D eigenvalue weighted by Crippen LogP contribution is 2.17. The molecule has 0 aliphatic rings. The van der Waals surface area contributed by atoms with E-state index in [-0.39, 0.29) is 23.3 Å². The molecule has 0 saturated heterocycles. The molecule has 0 heterocycles. The van der Waals surface area contributed by atoms with E-state index in [0.29, 0.717) is 17.7 Å². The van der Waals surface area contributed by atoms with Gasteiger partial charge in [-0.25, -0.2) is 13.1 Å². The van der Waals surface area contributed by atoms with Crippen molar-refractivity contribution in [1.82, 2.24) is 10.0 Å². The maximum atomic E-state index is 12.1. The number of sulfonamides is 1. The van der Waals surface area contributed by atoms with E-state index in [4.69, 9.17) is 0 Å². The Hall–Kier alpha value is -1.40. The number of amides is 1. The monoisotopic (exact) mass is 298 g/mol. The molecule has 112 valence electrons. The molecule has 1 aromatic carbocycles. The molecule has 2 N–H and O–H groups in total. The van der Waals surface area contributed by atoms with Gasteiger partial charge in [0.15, 0.2) is 0 Å². The fourth-order valence-electron chi connectivity index (χ4n) is 1.87. The molecule has 0 aromatic heterocycles. The number of benzene rings is 1. The van der Waals surface area contributed by atoms with Crippen LogP contribution in [0.5, 0.6) is 0 Å². The van der Waals surface area contributed by atoms with Gasteiger partial charge in [-0.15, -0.1) is 0 Å². The number of carbonyl (C=O) groups is 1. The van der Waals surface area contributed by atoms with Crippen molar-refractivity contribution in [1.29, 1.82) is 0 Å². The van der Waals surface area contributed by atoms with Crippen LogP contribution < -0.4 is 10.0 Å². The van der Waals surface area contributed by atoms with Crippen LogP contribution in [0, 0.1) is 6.92 Å². The van der Waals surface area contributed by atoms with Crippen molar-refractivity contribution in [2.45, 2.75) is 45.1 Å². The third-order valence-corrected chi connectivity index (χ3v) is 4.38. The van der Waals surface area contributed by atoms with Gasteiger partial charge in [0.2, 0.25) is 15.9 Å². The van der Waals surface area contributed by atoms with E-state index in [0.717, 1.165) is 0 Å². The lowest BCUT2D eigenvalue weighted by atomic mass is 10.1.